The van der Waals surface area contributed by atoms with Crippen molar-refractivity contribution in [1.82, 2.24) is 0 Å². The van der Waals surface area contributed by atoms with Crippen LogP contribution in [-0.2, 0) is 41.6 Å². The Morgan fingerprint density at radius 2 is 1.10 bits per heavy atom. The maximum Gasteiger partial charge on any atom is 0.332 e. The Hall–Kier alpha value is 0.930. The molecular formula is C27H59O9P3. The molecule has 0 radical (unpaired) electrons. The van der Waals surface area contributed by atoms with E-state index in [2.05, 4.69) is 55.7 Å². The molecule has 0 aromatic rings. The minimum absolute atomic E-state index is 0.0312. The fourth-order valence-electron chi connectivity index (χ4n) is 4.58. The van der Waals surface area contributed by atoms with Crippen LogP contribution in [0.25, 0.3) is 0 Å². The van der Waals surface area contributed by atoms with Gasteiger partial charge < -0.3 is 41.6 Å². The second-order valence-corrected chi connectivity index (χ2v) is 13.7. The second-order valence-electron chi connectivity index (χ2n) is 11.3. The summed E-state index contributed by atoms with van der Waals surface area (Å²) in [6.07, 6.45) is 10.8. The molecule has 2 unspecified atom stereocenters. The predicted molar refractivity (Wildman–Crippen MR) is 164 cm³/mol. The first-order chi connectivity index (χ1) is 18.6. The van der Waals surface area contributed by atoms with Crippen molar-refractivity contribution in [1.29, 1.82) is 0 Å². The second kappa shape index (κ2) is 23.4. The summed E-state index contributed by atoms with van der Waals surface area (Å²) in [7, 11) is 9.52. The van der Waals surface area contributed by atoms with Gasteiger partial charge in [-0.3, -0.25) is 0 Å². The molecule has 0 aromatic carbocycles. The number of ether oxygens (including phenoxy) is 4. The fourth-order valence-corrected chi connectivity index (χ4v) is 5.31. The van der Waals surface area contributed by atoms with Gasteiger partial charge in [0.1, 0.15) is 13.6 Å². The van der Waals surface area contributed by atoms with Crippen LogP contribution in [0.3, 0.4) is 0 Å². The molecule has 2 heterocycles. The maximum absolute atomic E-state index is 5.72. The molecule has 0 amide bonds. The smallest absolute Gasteiger partial charge is 0.332 e. The Bertz CT molecular complexity index is 507. The summed E-state index contributed by atoms with van der Waals surface area (Å²) in [6, 6.07) is 0. The molecular weight excluding hydrogens is 561 g/mol. The molecule has 3 aliphatic carbocycles. The molecule has 0 N–H and O–H groups in total. The summed E-state index contributed by atoms with van der Waals surface area (Å²) in [6.45, 7) is 13.5. The van der Waals surface area contributed by atoms with Crippen LogP contribution in [0.15, 0.2) is 0 Å². The van der Waals surface area contributed by atoms with E-state index < -0.39 is 8.60 Å². The summed E-state index contributed by atoms with van der Waals surface area (Å²) < 4.78 is 45.0. The molecule has 3 saturated carbocycles. The first-order valence-corrected chi connectivity index (χ1v) is 16.0. The lowest BCUT2D eigenvalue weighted by Crippen LogP contribution is -2.47. The summed E-state index contributed by atoms with van der Waals surface area (Å²) in [4.78, 5) is 0. The van der Waals surface area contributed by atoms with E-state index in [9.17, 15) is 0 Å². The van der Waals surface area contributed by atoms with Crippen LogP contribution < -0.4 is 0 Å². The average Bonchev–Trinajstić information content (AvgIpc) is 2.97. The zero-order valence-corrected chi connectivity index (χ0v) is 29.2. The van der Waals surface area contributed by atoms with E-state index in [0.29, 0.717) is 50.8 Å². The van der Waals surface area contributed by atoms with Gasteiger partial charge in [0.05, 0.1) is 38.4 Å². The molecule has 0 aromatic heterocycles. The van der Waals surface area contributed by atoms with Crippen LogP contribution in [0.5, 0.6) is 0 Å². The highest BCUT2D eigenvalue weighted by atomic mass is 31.2. The molecule has 39 heavy (non-hydrogen) atoms. The van der Waals surface area contributed by atoms with Gasteiger partial charge in [0.15, 0.2) is 0 Å². The quantitative estimate of drug-likeness (QED) is 0.276. The van der Waals surface area contributed by atoms with Crippen LogP contribution in [0.2, 0.25) is 0 Å². The van der Waals surface area contributed by atoms with Gasteiger partial charge in [-0.25, -0.2) is 0 Å². The Morgan fingerprint density at radius 3 is 1.38 bits per heavy atom. The fraction of sp³-hybridized carbons (Fsp3) is 1.00. The summed E-state index contributed by atoms with van der Waals surface area (Å²) in [5.74, 6) is 1.01. The van der Waals surface area contributed by atoms with Crippen LogP contribution in [-0.4, -0.2) is 75.1 Å². The zero-order valence-electron chi connectivity index (χ0n) is 26.0. The van der Waals surface area contributed by atoms with Crippen LogP contribution in [0.1, 0.15) is 79.1 Å². The van der Waals surface area contributed by atoms with E-state index >= 15 is 0 Å². The molecule has 5 rings (SSSR count). The molecule has 12 heteroatoms. The first-order valence-electron chi connectivity index (χ1n) is 13.9. The minimum Gasteiger partial charge on any atom is -0.369 e. The third-order valence-electron chi connectivity index (χ3n) is 7.90. The third-order valence-corrected chi connectivity index (χ3v) is 8.84. The van der Waals surface area contributed by atoms with Crippen LogP contribution in [0, 0.1) is 22.2 Å². The summed E-state index contributed by atoms with van der Waals surface area (Å²) in [5, 5.41) is 0. The largest absolute Gasteiger partial charge is 0.369 e. The third kappa shape index (κ3) is 17.6. The summed E-state index contributed by atoms with van der Waals surface area (Å²) in [5.41, 5.74) is 1.00. The SMILES string of the molecule is C1OCC2(CO1)COCOC2.CCC(C)(C)CC.COP.COP.COP(OC)OCC12CCC(CC1)CC2. The van der Waals surface area contributed by atoms with E-state index in [1.807, 2.05) is 0 Å². The lowest BCUT2D eigenvalue weighted by atomic mass is 9.61. The van der Waals surface area contributed by atoms with Gasteiger partial charge in [0.25, 0.3) is 0 Å². The van der Waals surface area contributed by atoms with Crippen LogP contribution in [0.4, 0.5) is 0 Å². The first kappa shape index (κ1) is 39.9. The highest BCUT2D eigenvalue weighted by Gasteiger charge is 2.41. The monoisotopic (exact) mass is 620 g/mol. The number of rotatable bonds is 7. The van der Waals surface area contributed by atoms with Gasteiger partial charge in [-0.2, -0.15) is 0 Å². The van der Waals surface area contributed by atoms with Crippen molar-refractivity contribution in [3.8, 4) is 0 Å². The molecule has 9 nitrogen and oxygen atoms in total. The number of fused-ring (bicyclic) bond motifs is 3. The zero-order chi connectivity index (χ0) is 29.6. The summed E-state index contributed by atoms with van der Waals surface area (Å²) >= 11 is 0. The van der Waals surface area contributed by atoms with Crippen molar-refractivity contribution in [3.63, 3.8) is 0 Å². The van der Waals surface area contributed by atoms with Crippen molar-refractivity contribution in [2.75, 3.05) is 75.1 Å². The average molecular weight is 621 g/mol. The van der Waals surface area contributed by atoms with Crippen LogP contribution >= 0.6 is 27.5 Å². The van der Waals surface area contributed by atoms with Gasteiger partial charge in [0.2, 0.25) is 0 Å². The molecule has 2 atom stereocenters. The van der Waals surface area contributed by atoms with Gasteiger partial charge in [-0.15, -0.1) is 0 Å². The van der Waals surface area contributed by atoms with Gasteiger partial charge >= 0.3 is 8.60 Å². The molecule has 2 bridgehead atoms. The molecule has 2 saturated heterocycles. The van der Waals surface area contributed by atoms with Crippen molar-refractivity contribution in [3.05, 3.63) is 0 Å². The van der Waals surface area contributed by atoms with Gasteiger partial charge in [0, 0.05) is 28.4 Å². The molecule has 2 aliphatic heterocycles. The maximum atomic E-state index is 5.72. The number of hydrogen-bond acceptors (Lipinski definition) is 9. The normalized spacial score (nSPS) is 25.2. The topological polar surface area (TPSA) is 83.1 Å². The van der Waals surface area contributed by atoms with E-state index in [1.54, 1.807) is 28.4 Å². The Balaban J connectivity index is 0.000000530. The van der Waals surface area contributed by atoms with E-state index in [0.717, 1.165) is 12.5 Å². The van der Waals surface area contributed by atoms with Crippen molar-refractivity contribution >= 4 is 27.5 Å². The van der Waals surface area contributed by atoms with Crippen molar-refractivity contribution < 1.29 is 41.6 Å². The highest BCUT2D eigenvalue weighted by molar-refractivity contribution is 7.41. The van der Waals surface area contributed by atoms with Gasteiger partial charge in [-0.1, -0.05) is 40.5 Å². The van der Waals surface area contributed by atoms with E-state index in [4.69, 9.17) is 32.5 Å². The minimum atomic E-state index is -1.10. The lowest BCUT2D eigenvalue weighted by Gasteiger charge is -2.46. The van der Waals surface area contributed by atoms with E-state index in [1.165, 1.54) is 51.4 Å². The molecule has 1 spiro atoms. The van der Waals surface area contributed by atoms with E-state index in [-0.39, 0.29) is 5.41 Å². The molecule has 5 fully saturated rings. The number of hydrogen-bond donors (Lipinski definition) is 0. The lowest BCUT2D eigenvalue weighted by molar-refractivity contribution is -0.245. The predicted octanol–water partition coefficient (Wildman–Crippen LogP) is 7.15. The molecule has 5 aliphatic rings. The Kier molecular flexibility index (Phi) is 24.0. The van der Waals surface area contributed by atoms with Gasteiger partial charge in [-0.05, 0) is 74.2 Å². The van der Waals surface area contributed by atoms with Crippen molar-refractivity contribution in [2.45, 2.75) is 79.1 Å². The van der Waals surface area contributed by atoms with Crippen molar-refractivity contribution in [2.24, 2.45) is 22.2 Å². The standard InChI is InChI=1S/C11H21O3P.C7H12O4.C7H16.2CH5OP/c1-12-15(13-2)14-9-11-6-3-10(4-7-11)5-8-11;1-7(2-9-5-8-1)3-10-6-11-4-7;1-5-7(3,4)6-2;2*1-2-3/h10H,3-9H2,1-2H3;1-6H2;5-6H2,1-4H3;2*3H2,1H3. The Labute approximate surface area is 245 Å². The Morgan fingerprint density at radius 1 is 0.744 bits per heavy atom. The highest BCUT2D eigenvalue weighted by Crippen LogP contribution is 2.52. The molecule has 236 valence electrons.